The Balaban J connectivity index is 3.86. The first-order valence-corrected chi connectivity index (χ1v) is 6.63. The zero-order valence-corrected chi connectivity index (χ0v) is 10.9. The number of nitrogens with one attached hydrogen (secondary N) is 1. The summed E-state index contributed by atoms with van der Waals surface area (Å²) in [5.74, 6) is 0. The van der Waals surface area contributed by atoms with Crippen molar-refractivity contribution >= 4 is 13.9 Å². The third kappa shape index (κ3) is 7.93. The van der Waals surface area contributed by atoms with Crippen LogP contribution in [0.5, 0.6) is 0 Å². The van der Waals surface area contributed by atoms with Crippen LogP contribution in [0.25, 0.3) is 0 Å². The van der Waals surface area contributed by atoms with Crippen molar-refractivity contribution in [3.05, 3.63) is 12.8 Å². The quantitative estimate of drug-likeness (QED) is 0.391. The zero-order valence-electron chi connectivity index (χ0n) is 10.0. The van der Waals surface area contributed by atoms with Crippen LogP contribution in [0.15, 0.2) is 12.8 Å². The molecule has 7 nitrogen and oxygen atoms in total. The Hall–Kier alpha value is -0.880. The maximum absolute atomic E-state index is 11.8. The summed E-state index contributed by atoms with van der Waals surface area (Å²) in [5, 5.41) is 2.35. The van der Waals surface area contributed by atoms with Gasteiger partial charge in [0.1, 0.15) is 0 Å². The molecule has 0 saturated carbocycles. The number of ether oxygens (including phenoxy) is 1. The largest absolute Gasteiger partial charge is 0.474 e. The number of phosphoric ester groups is 1. The monoisotopic (exact) mass is 267 g/mol. The number of carbonyl (C=O) groups excluding carboxylic acids is 1. The van der Waals surface area contributed by atoms with Crippen molar-refractivity contribution in [3.8, 4) is 0 Å². The van der Waals surface area contributed by atoms with Crippen molar-refractivity contribution in [2.45, 2.75) is 13.8 Å². The third-order valence-corrected chi connectivity index (χ3v) is 3.03. The summed E-state index contributed by atoms with van der Waals surface area (Å²) in [6.07, 6.45) is 0.341. The van der Waals surface area contributed by atoms with Crippen LogP contribution in [0.4, 0.5) is 4.79 Å². The van der Waals surface area contributed by atoms with Gasteiger partial charge < -0.3 is 10.1 Å². The molecule has 1 amide bonds. The lowest BCUT2D eigenvalue weighted by atomic mass is 10.7. The molecule has 8 heteroatoms. The lowest BCUT2D eigenvalue weighted by molar-refractivity contribution is 0.120. The molecule has 1 N–H and O–H groups in total. The Morgan fingerprint density at radius 1 is 1.29 bits per heavy atom. The van der Waals surface area contributed by atoms with E-state index in [4.69, 9.17) is 13.6 Å². The SMILES string of the molecule is C=COC(=O)NCCOP(=O)(OCC)OCC. The van der Waals surface area contributed by atoms with Crippen molar-refractivity contribution in [2.75, 3.05) is 26.4 Å². The first-order valence-electron chi connectivity index (χ1n) is 5.17. The van der Waals surface area contributed by atoms with Gasteiger partial charge in [0.2, 0.25) is 0 Å². The van der Waals surface area contributed by atoms with Gasteiger partial charge in [-0.05, 0) is 13.8 Å². The predicted molar refractivity (Wildman–Crippen MR) is 61.5 cm³/mol. The highest BCUT2D eigenvalue weighted by Crippen LogP contribution is 2.48. The van der Waals surface area contributed by atoms with Gasteiger partial charge in [0.25, 0.3) is 0 Å². The molecule has 100 valence electrons. The minimum atomic E-state index is -3.51. The molecule has 0 aromatic rings. The molecular formula is C9H18NO6P. The van der Waals surface area contributed by atoms with Crippen LogP contribution in [-0.2, 0) is 22.9 Å². The first kappa shape index (κ1) is 16.1. The summed E-state index contributed by atoms with van der Waals surface area (Å²) in [5.41, 5.74) is 0. The van der Waals surface area contributed by atoms with Crippen LogP contribution in [0, 0.1) is 0 Å². The van der Waals surface area contributed by atoms with Gasteiger partial charge in [0.05, 0.1) is 26.1 Å². The normalized spacial score (nSPS) is 10.9. The first-order chi connectivity index (χ1) is 8.08. The maximum Gasteiger partial charge on any atom is 0.474 e. The number of phosphoric acid groups is 1. The van der Waals surface area contributed by atoms with Crippen LogP contribution < -0.4 is 5.32 Å². The van der Waals surface area contributed by atoms with Gasteiger partial charge >= 0.3 is 13.9 Å². The number of amides is 1. The number of hydrogen-bond donors (Lipinski definition) is 1. The van der Waals surface area contributed by atoms with Crippen LogP contribution in [0.1, 0.15) is 13.8 Å². The Labute approximate surface area is 101 Å². The van der Waals surface area contributed by atoms with E-state index < -0.39 is 13.9 Å². The second-order valence-corrected chi connectivity index (χ2v) is 4.28. The standard InChI is InChI=1S/C9H18NO6P/c1-4-13-9(11)10-7-8-16-17(12,14-5-2)15-6-3/h4H,1,5-8H2,2-3H3,(H,10,11). The van der Waals surface area contributed by atoms with Crippen LogP contribution in [-0.4, -0.2) is 32.5 Å². The second kappa shape index (κ2) is 9.18. The molecule has 0 aliphatic carbocycles. The van der Waals surface area contributed by atoms with E-state index in [1.54, 1.807) is 13.8 Å². The van der Waals surface area contributed by atoms with E-state index in [0.29, 0.717) is 0 Å². The van der Waals surface area contributed by atoms with Crippen LogP contribution >= 0.6 is 7.82 Å². The molecule has 0 aliphatic rings. The number of rotatable bonds is 9. The fraction of sp³-hybridized carbons (Fsp3) is 0.667. The molecule has 0 spiro atoms. The molecule has 0 radical (unpaired) electrons. The molecule has 17 heavy (non-hydrogen) atoms. The molecule has 0 unspecified atom stereocenters. The summed E-state index contributed by atoms with van der Waals surface area (Å²) >= 11 is 0. The molecule has 0 fully saturated rings. The van der Waals surface area contributed by atoms with E-state index in [0.717, 1.165) is 6.26 Å². The Bertz CT molecular complexity index is 273. The maximum atomic E-state index is 11.8. The van der Waals surface area contributed by atoms with Gasteiger partial charge in [-0.3, -0.25) is 13.6 Å². The van der Waals surface area contributed by atoms with E-state index in [1.165, 1.54) is 0 Å². The predicted octanol–water partition coefficient (Wildman–Crippen LogP) is 2.05. The highest BCUT2D eigenvalue weighted by atomic mass is 31.2. The van der Waals surface area contributed by atoms with Gasteiger partial charge in [-0.2, -0.15) is 0 Å². The van der Waals surface area contributed by atoms with Crippen molar-refractivity contribution in [1.29, 1.82) is 0 Å². The number of hydrogen-bond acceptors (Lipinski definition) is 6. The molecule has 0 saturated heterocycles. The van der Waals surface area contributed by atoms with Crippen molar-refractivity contribution in [2.24, 2.45) is 0 Å². The highest BCUT2D eigenvalue weighted by molar-refractivity contribution is 7.48. The molecule has 0 heterocycles. The van der Waals surface area contributed by atoms with E-state index in [2.05, 4.69) is 16.6 Å². The molecular weight excluding hydrogens is 249 g/mol. The van der Waals surface area contributed by atoms with Gasteiger partial charge in [0, 0.05) is 6.54 Å². The van der Waals surface area contributed by atoms with Gasteiger partial charge in [-0.15, -0.1) is 0 Å². The Morgan fingerprint density at radius 3 is 2.35 bits per heavy atom. The van der Waals surface area contributed by atoms with Gasteiger partial charge in [-0.1, -0.05) is 6.58 Å². The smallest absolute Gasteiger partial charge is 0.419 e. The molecule has 0 aromatic heterocycles. The van der Waals surface area contributed by atoms with Gasteiger partial charge in [0.15, 0.2) is 0 Å². The number of carbonyl (C=O) groups is 1. The average Bonchev–Trinajstić information content (AvgIpc) is 2.26. The van der Waals surface area contributed by atoms with E-state index in [-0.39, 0.29) is 26.4 Å². The average molecular weight is 267 g/mol. The topological polar surface area (TPSA) is 83.1 Å². The highest BCUT2D eigenvalue weighted by Gasteiger charge is 2.24. The summed E-state index contributed by atoms with van der Waals surface area (Å²) in [6.45, 7) is 7.10. The molecule has 0 bridgehead atoms. The molecule has 0 atom stereocenters. The number of alkyl carbamates (subject to hydrolysis) is 1. The molecule has 0 aliphatic heterocycles. The minimum absolute atomic E-state index is 0.0104. The summed E-state index contributed by atoms with van der Waals surface area (Å²) in [7, 11) is -3.51. The second-order valence-electron chi connectivity index (χ2n) is 2.61. The summed E-state index contributed by atoms with van der Waals surface area (Å²) in [6, 6.07) is 0. The fourth-order valence-corrected chi connectivity index (χ4v) is 2.03. The summed E-state index contributed by atoms with van der Waals surface area (Å²) in [4.78, 5) is 10.8. The van der Waals surface area contributed by atoms with Crippen LogP contribution in [0.2, 0.25) is 0 Å². The Kier molecular flexibility index (Phi) is 8.71. The molecule has 0 aromatic carbocycles. The van der Waals surface area contributed by atoms with Crippen molar-refractivity contribution < 1.29 is 27.7 Å². The van der Waals surface area contributed by atoms with E-state index >= 15 is 0 Å². The lowest BCUT2D eigenvalue weighted by Crippen LogP contribution is -2.26. The third-order valence-electron chi connectivity index (χ3n) is 1.39. The van der Waals surface area contributed by atoms with E-state index in [9.17, 15) is 9.36 Å². The van der Waals surface area contributed by atoms with E-state index in [1.807, 2.05) is 0 Å². The van der Waals surface area contributed by atoms with Gasteiger partial charge in [-0.25, -0.2) is 9.36 Å². The van der Waals surface area contributed by atoms with Crippen molar-refractivity contribution in [1.82, 2.24) is 5.32 Å². The fourth-order valence-electron chi connectivity index (χ4n) is 0.856. The zero-order chi connectivity index (χ0) is 13.1. The minimum Gasteiger partial charge on any atom is -0.419 e. The lowest BCUT2D eigenvalue weighted by Gasteiger charge is -2.16. The molecule has 0 rings (SSSR count). The Morgan fingerprint density at radius 2 is 1.88 bits per heavy atom. The van der Waals surface area contributed by atoms with Crippen molar-refractivity contribution in [3.63, 3.8) is 0 Å². The summed E-state index contributed by atoms with van der Waals surface area (Å²) < 4.78 is 30.9. The van der Waals surface area contributed by atoms with Crippen LogP contribution in [0.3, 0.4) is 0 Å².